The number of piperazine rings is 1. The SMILES string of the molecule is CC.CCC(C)n1ncn(-c2ccc(N3CCN(c4ccc(OCC(C)COC(C)(Cn5cccn5)c5ccc(C)cc5Cl)cc4)CC3)cc2)c1=O. The van der Waals surface area contributed by atoms with Crippen LogP contribution in [-0.4, -0.2) is 63.5 Å². The van der Waals surface area contributed by atoms with Crippen LogP contribution in [0.1, 0.15) is 65.1 Å². The summed E-state index contributed by atoms with van der Waals surface area (Å²) >= 11 is 6.70. The average Bonchev–Trinajstić information content (AvgIpc) is 3.83. The van der Waals surface area contributed by atoms with Crippen molar-refractivity contribution in [3.63, 3.8) is 0 Å². The van der Waals surface area contributed by atoms with E-state index in [9.17, 15) is 4.79 Å². The minimum atomic E-state index is -0.654. The molecule has 3 heterocycles. The van der Waals surface area contributed by atoms with E-state index in [0.29, 0.717) is 24.8 Å². The fraction of sp³-hybridized carbons (Fsp3) is 0.439. The Morgan fingerprint density at radius 1 is 0.865 bits per heavy atom. The van der Waals surface area contributed by atoms with Crippen LogP contribution in [0.15, 0.2) is 96.3 Å². The maximum atomic E-state index is 12.8. The topological polar surface area (TPSA) is 82.6 Å². The number of hydrogen-bond donors (Lipinski definition) is 0. The van der Waals surface area contributed by atoms with E-state index >= 15 is 0 Å². The van der Waals surface area contributed by atoms with Gasteiger partial charge in [0.15, 0.2) is 0 Å². The molecule has 1 saturated heterocycles. The minimum absolute atomic E-state index is 0.0732. The second kappa shape index (κ2) is 17.8. The van der Waals surface area contributed by atoms with Gasteiger partial charge in [0.2, 0.25) is 0 Å². The first kappa shape index (κ1) is 38.7. The van der Waals surface area contributed by atoms with Gasteiger partial charge in [0, 0.05) is 66.5 Å². The van der Waals surface area contributed by atoms with Gasteiger partial charge in [0.25, 0.3) is 0 Å². The van der Waals surface area contributed by atoms with Crippen molar-refractivity contribution in [2.24, 2.45) is 5.92 Å². The Bertz CT molecular complexity index is 1880. The van der Waals surface area contributed by atoms with Crippen LogP contribution in [0.4, 0.5) is 11.4 Å². The van der Waals surface area contributed by atoms with Gasteiger partial charge in [-0.25, -0.2) is 14.0 Å². The van der Waals surface area contributed by atoms with E-state index in [2.05, 4.69) is 77.2 Å². The summed E-state index contributed by atoms with van der Waals surface area (Å²) in [6.07, 6.45) is 6.18. The number of ether oxygens (including phenoxy) is 2. The van der Waals surface area contributed by atoms with Crippen molar-refractivity contribution in [2.75, 3.05) is 49.2 Å². The molecule has 5 aromatic rings. The molecule has 52 heavy (non-hydrogen) atoms. The van der Waals surface area contributed by atoms with Crippen molar-refractivity contribution in [3.05, 3.63) is 118 Å². The highest BCUT2D eigenvalue weighted by Crippen LogP contribution is 2.34. The summed E-state index contributed by atoms with van der Waals surface area (Å²) < 4.78 is 17.8. The first-order chi connectivity index (χ1) is 25.1. The second-order valence-corrected chi connectivity index (χ2v) is 14.0. The number of halogens is 1. The molecule has 1 aliphatic heterocycles. The van der Waals surface area contributed by atoms with Gasteiger partial charge in [-0.1, -0.05) is 51.4 Å². The largest absolute Gasteiger partial charge is 0.493 e. The van der Waals surface area contributed by atoms with Crippen molar-refractivity contribution >= 4 is 23.0 Å². The third kappa shape index (κ3) is 9.27. The quantitative estimate of drug-likeness (QED) is 0.114. The first-order valence-electron chi connectivity index (χ1n) is 18.5. The van der Waals surface area contributed by atoms with Gasteiger partial charge in [0.1, 0.15) is 17.7 Å². The van der Waals surface area contributed by atoms with Crippen LogP contribution in [0, 0.1) is 12.8 Å². The highest BCUT2D eigenvalue weighted by molar-refractivity contribution is 6.31. The van der Waals surface area contributed by atoms with E-state index in [4.69, 9.17) is 21.1 Å². The monoisotopic (exact) mass is 727 g/mol. The lowest BCUT2D eigenvalue weighted by molar-refractivity contribution is -0.0684. The molecule has 278 valence electrons. The summed E-state index contributed by atoms with van der Waals surface area (Å²) in [6.45, 7) is 19.5. The molecule has 0 aliphatic carbocycles. The van der Waals surface area contributed by atoms with Crippen molar-refractivity contribution < 1.29 is 9.47 Å². The molecule has 2 aromatic heterocycles. The minimum Gasteiger partial charge on any atom is -0.493 e. The molecule has 3 unspecified atom stereocenters. The number of rotatable bonds is 14. The van der Waals surface area contributed by atoms with Crippen LogP contribution in [0.5, 0.6) is 5.75 Å². The molecule has 10 nitrogen and oxygen atoms in total. The number of nitrogens with zero attached hydrogens (tertiary/aromatic N) is 7. The third-order valence-corrected chi connectivity index (χ3v) is 9.93. The van der Waals surface area contributed by atoms with E-state index in [-0.39, 0.29) is 17.6 Å². The molecule has 0 bridgehead atoms. The summed E-state index contributed by atoms with van der Waals surface area (Å²) in [5.41, 5.74) is 4.46. The fourth-order valence-corrected chi connectivity index (χ4v) is 6.78. The van der Waals surface area contributed by atoms with Crippen LogP contribution in [0.3, 0.4) is 0 Å². The molecule has 0 amide bonds. The maximum Gasteiger partial charge on any atom is 0.350 e. The zero-order valence-electron chi connectivity index (χ0n) is 31.7. The fourth-order valence-electron chi connectivity index (χ4n) is 6.34. The third-order valence-electron chi connectivity index (χ3n) is 9.61. The van der Waals surface area contributed by atoms with Gasteiger partial charge >= 0.3 is 5.69 Å². The molecule has 11 heteroatoms. The highest BCUT2D eigenvalue weighted by Gasteiger charge is 2.32. The summed E-state index contributed by atoms with van der Waals surface area (Å²) in [5.74, 6) is 0.996. The summed E-state index contributed by atoms with van der Waals surface area (Å²) in [4.78, 5) is 17.6. The molecule has 1 fully saturated rings. The standard InChI is InChI=1S/C39H48ClN7O3.C2H6/c1-6-31(4)47-38(48)46(28-42-47)34-11-9-32(10-12-34)43-20-22-44(23-21-43)33-13-15-35(16-14-33)49-25-30(3)26-50-39(5,27-45-19-7-18-41-45)36-17-8-29(2)24-37(36)40;1-2/h7-19,24,28,30-31H,6,20-23,25-27H2,1-5H3;1-2H3. The Labute approximate surface area is 313 Å². The van der Waals surface area contributed by atoms with Crippen LogP contribution >= 0.6 is 11.6 Å². The Balaban J connectivity index is 0.00000257. The van der Waals surface area contributed by atoms with Crippen LogP contribution in [0.2, 0.25) is 5.02 Å². The zero-order chi connectivity index (χ0) is 37.3. The summed E-state index contributed by atoms with van der Waals surface area (Å²) in [7, 11) is 0. The van der Waals surface area contributed by atoms with Crippen molar-refractivity contribution in [1.29, 1.82) is 0 Å². The molecular formula is C41H54ClN7O3. The lowest BCUT2D eigenvalue weighted by Crippen LogP contribution is -2.46. The van der Waals surface area contributed by atoms with E-state index in [1.807, 2.05) is 75.0 Å². The van der Waals surface area contributed by atoms with E-state index in [1.165, 1.54) is 5.69 Å². The Morgan fingerprint density at radius 3 is 2.06 bits per heavy atom. The normalized spacial score (nSPS) is 15.4. The van der Waals surface area contributed by atoms with Gasteiger partial charge in [-0.05, 0) is 93.4 Å². The van der Waals surface area contributed by atoms with Gasteiger partial charge in [-0.2, -0.15) is 10.2 Å². The van der Waals surface area contributed by atoms with Crippen LogP contribution in [-0.2, 0) is 16.9 Å². The van der Waals surface area contributed by atoms with Gasteiger partial charge < -0.3 is 19.3 Å². The Hall–Kier alpha value is -4.54. The molecule has 0 N–H and O–H groups in total. The maximum absolute atomic E-state index is 12.8. The van der Waals surface area contributed by atoms with E-state index < -0.39 is 5.60 Å². The van der Waals surface area contributed by atoms with Crippen molar-refractivity contribution in [1.82, 2.24) is 24.1 Å². The molecule has 1 aliphatic rings. The lowest BCUT2D eigenvalue weighted by Gasteiger charge is -2.37. The van der Waals surface area contributed by atoms with Crippen LogP contribution < -0.4 is 20.2 Å². The lowest BCUT2D eigenvalue weighted by atomic mass is 9.94. The number of anilines is 2. The van der Waals surface area contributed by atoms with E-state index in [0.717, 1.165) is 60.9 Å². The molecule has 3 aromatic carbocycles. The average molecular weight is 728 g/mol. The number of benzene rings is 3. The second-order valence-electron chi connectivity index (χ2n) is 13.6. The summed E-state index contributed by atoms with van der Waals surface area (Å²) in [6, 6.07) is 24.6. The Morgan fingerprint density at radius 2 is 1.48 bits per heavy atom. The molecule has 0 spiro atoms. The molecular weight excluding hydrogens is 674 g/mol. The Kier molecular flexibility index (Phi) is 13.2. The zero-order valence-corrected chi connectivity index (χ0v) is 32.5. The highest BCUT2D eigenvalue weighted by atomic mass is 35.5. The van der Waals surface area contributed by atoms with Gasteiger partial charge in [-0.3, -0.25) is 4.68 Å². The number of aryl methyl sites for hydroxylation is 1. The number of hydrogen-bond acceptors (Lipinski definition) is 7. The van der Waals surface area contributed by atoms with E-state index in [1.54, 1.807) is 21.8 Å². The summed E-state index contributed by atoms with van der Waals surface area (Å²) in [5, 5.41) is 9.41. The predicted molar refractivity (Wildman–Crippen MR) is 211 cm³/mol. The van der Waals surface area contributed by atoms with Crippen LogP contribution in [0.25, 0.3) is 5.69 Å². The predicted octanol–water partition coefficient (Wildman–Crippen LogP) is 8.16. The molecule has 6 rings (SSSR count). The smallest absolute Gasteiger partial charge is 0.350 e. The van der Waals surface area contributed by atoms with Crippen molar-refractivity contribution in [2.45, 2.75) is 73.1 Å². The molecule has 0 saturated carbocycles. The van der Waals surface area contributed by atoms with Gasteiger partial charge in [-0.15, -0.1) is 0 Å². The van der Waals surface area contributed by atoms with Gasteiger partial charge in [0.05, 0.1) is 31.5 Å². The molecule has 0 radical (unpaired) electrons. The molecule has 3 atom stereocenters. The number of aromatic nitrogens is 5. The van der Waals surface area contributed by atoms with Crippen molar-refractivity contribution in [3.8, 4) is 11.4 Å². The first-order valence-corrected chi connectivity index (χ1v) is 18.9.